The summed E-state index contributed by atoms with van der Waals surface area (Å²) in [4.78, 5) is 2.13. The Balaban J connectivity index is 3.10. The summed E-state index contributed by atoms with van der Waals surface area (Å²) in [5, 5.41) is 9.93. The maximum atomic E-state index is 9.93. The number of aliphatic hydroxyl groups is 1. The molecule has 0 aromatic carbocycles. The Bertz CT molecular complexity index is 345. The van der Waals surface area contributed by atoms with Gasteiger partial charge in [0, 0.05) is 38.5 Å². The predicted octanol–water partition coefficient (Wildman–Crippen LogP) is 0.654. The summed E-state index contributed by atoms with van der Waals surface area (Å²) in [6.07, 6.45) is 5.43. The Labute approximate surface area is 103 Å². The van der Waals surface area contributed by atoms with E-state index < -0.39 is 6.10 Å². The largest absolute Gasteiger partial charge is 0.387 e. The standard InChI is InChI=1S/C13H22N2O2/c1-4-12-10(6-8-17-3)11(13(16)9-14)5-7-15(12)2/h4-6,13,16H,7-9,14H2,1-3H3/b10-6-,12-4+/t13-/m0/s1. The van der Waals surface area contributed by atoms with Gasteiger partial charge in [0.15, 0.2) is 0 Å². The van der Waals surface area contributed by atoms with Crippen LogP contribution in [0.25, 0.3) is 0 Å². The summed E-state index contributed by atoms with van der Waals surface area (Å²) >= 11 is 0. The zero-order chi connectivity index (χ0) is 12.8. The molecule has 1 rings (SSSR count). The van der Waals surface area contributed by atoms with Crippen LogP contribution in [-0.2, 0) is 4.74 Å². The number of aliphatic hydroxyl groups excluding tert-OH is 1. The number of hydrogen-bond donors (Lipinski definition) is 2. The molecule has 0 amide bonds. The van der Waals surface area contributed by atoms with Crippen molar-refractivity contribution in [1.82, 2.24) is 4.90 Å². The number of ether oxygens (including phenoxy) is 1. The van der Waals surface area contributed by atoms with E-state index >= 15 is 0 Å². The Morgan fingerprint density at radius 1 is 1.65 bits per heavy atom. The van der Waals surface area contributed by atoms with Crippen LogP contribution in [0.3, 0.4) is 0 Å². The molecule has 4 nitrogen and oxygen atoms in total. The first-order valence-corrected chi connectivity index (χ1v) is 5.81. The molecule has 0 saturated heterocycles. The van der Waals surface area contributed by atoms with E-state index in [9.17, 15) is 5.11 Å². The highest BCUT2D eigenvalue weighted by Gasteiger charge is 2.22. The summed E-state index contributed by atoms with van der Waals surface area (Å²) in [7, 11) is 3.68. The third kappa shape index (κ3) is 3.19. The van der Waals surface area contributed by atoms with E-state index in [2.05, 4.69) is 4.90 Å². The Kier molecular flexibility index (Phi) is 5.41. The minimum Gasteiger partial charge on any atom is -0.387 e. The fourth-order valence-corrected chi connectivity index (χ4v) is 2.00. The number of nitrogens with two attached hydrogens (primary N) is 1. The van der Waals surface area contributed by atoms with Crippen LogP contribution in [0.15, 0.2) is 35.1 Å². The van der Waals surface area contributed by atoms with Crippen molar-refractivity contribution in [3.63, 3.8) is 0 Å². The van der Waals surface area contributed by atoms with E-state index in [-0.39, 0.29) is 6.54 Å². The zero-order valence-electron chi connectivity index (χ0n) is 10.8. The highest BCUT2D eigenvalue weighted by Crippen LogP contribution is 2.28. The van der Waals surface area contributed by atoms with Gasteiger partial charge in [0.25, 0.3) is 0 Å². The van der Waals surface area contributed by atoms with Gasteiger partial charge < -0.3 is 20.5 Å². The van der Waals surface area contributed by atoms with Crippen LogP contribution in [0.1, 0.15) is 6.92 Å². The molecule has 1 atom stereocenters. The molecule has 0 aromatic rings. The summed E-state index contributed by atoms with van der Waals surface area (Å²) in [6.45, 7) is 3.53. The summed E-state index contributed by atoms with van der Waals surface area (Å²) < 4.78 is 5.07. The van der Waals surface area contributed by atoms with E-state index in [1.54, 1.807) is 7.11 Å². The quantitative estimate of drug-likeness (QED) is 0.755. The smallest absolute Gasteiger partial charge is 0.0916 e. The molecule has 0 unspecified atom stereocenters. The minimum absolute atomic E-state index is 0.233. The average Bonchev–Trinajstić information content (AvgIpc) is 2.35. The predicted molar refractivity (Wildman–Crippen MR) is 69.5 cm³/mol. The van der Waals surface area contributed by atoms with Crippen molar-refractivity contribution < 1.29 is 9.84 Å². The number of hydrogen-bond acceptors (Lipinski definition) is 4. The van der Waals surface area contributed by atoms with Gasteiger partial charge in [0.05, 0.1) is 12.7 Å². The van der Waals surface area contributed by atoms with Crippen LogP contribution in [0, 0.1) is 0 Å². The van der Waals surface area contributed by atoms with Crippen molar-refractivity contribution in [2.24, 2.45) is 5.73 Å². The lowest BCUT2D eigenvalue weighted by molar-refractivity contribution is 0.216. The molecule has 17 heavy (non-hydrogen) atoms. The van der Waals surface area contributed by atoms with Gasteiger partial charge in [-0.25, -0.2) is 0 Å². The third-order valence-corrected chi connectivity index (χ3v) is 2.89. The van der Waals surface area contributed by atoms with Crippen LogP contribution in [0.2, 0.25) is 0 Å². The fourth-order valence-electron chi connectivity index (χ4n) is 2.00. The van der Waals surface area contributed by atoms with Gasteiger partial charge in [-0.15, -0.1) is 0 Å². The second-order valence-electron chi connectivity index (χ2n) is 4.04. The third-order valence-electron chi connectivity index (χ3n) is 2.89. The number of allylic oxidation sites excluding steroid dienone is 2. The van der Waals surface area contributed by atoms with Gasteiger partial charge >= 0.3 is 0 Å². The van der Waals surface area contributed by atoms with E-state index in [0.717, 1.165) is 23.4 Å². The Hall–Kier alpha value is -1.10. The van der Waals surface area contributed by atoms with Crippen molar-refractivity contribution in [1.29, 1.82) is 0 Å². The van der Waals surface area contributed by atoms with Crippen molar-refractivity contribution in [2.45, 2.75) is 13.0 Å². The molecule has 96 valence electrons. The van der Waals surface area contributed by atoms with Gasteiger partial charge in [0.1, 0.15) is 0 Å². The Morgan fingerprint density at radius 2 is 2.35 bits per heavy atom. The lowest BCUT2D eigenvalue weighted by atomic mass is 9.93. The Morgan fingerprint density at radius 3 is 2.88 bits per heavy atom. The van der Waals surface area contributed by atoms with Crippen LogP contribution >= 0.6 is 0 Å². The first kappa shape index (κ1) is 14.0. The number of likely N-dealkylation sites (N-methyl/N-ethyl adjacent to an activating group) is 1. The summed E-state index contributed by atoms with van der Waals surface area (Å²) in [5.74, 6) is 0. The SMILES string of the molecule is C/C=C1\C(=C/COC)C([C@@H](O)CN)=CCN1C. The monoisotopic (exact) mass is 238 g/mol. The normalized spacial score (nSPS) is 23.1. The van der Waals surface area contributed by atoms with E-state index in [1.807, 2.05) is 32.2 Å². The van der Waals surface area contributed by atoms with Crippen LogP contribution < -0.4 is 5.73 Å². The molecule has 0 spiro atoms. The van der Waals surface area contributed by atoms with E-state index in [1.165, 1.54) is 0 Å². The van der Waals surface area contributed by atoms with Crippen molar-refractivity contribution in [2.75, 3.05) is 33.9 Å². The summed E-state index contributed by atoms with van der Waals surface area (Å²) in [6, 6.07) is 0. The van der Waals surface area contributed by atoms with Crippen LogP contribution in [0.4, 0.5) is 0 Å². The van der Waals surface area contributed by atoms with Gasteiger partial charge in [-0.2, -0.15) is 0 Å². The van der Waals surface area contributed by atoms with E-state index in [0.29, 0.717) is 6.61 Å². The highest BCUT2D eigenvalue weighted by molar-refractivity contribution is 5.50. The van der Waals surface area contributed by atoms with Crippen molar-refractivity contribution in [3.8, 4) is 0 Å². The lowest BCUT2D eigenvalue weighted by Crippen LogP contribution is -2.31. The van der Waals surface area contributed by atoms with Gasteiger partial charge in [-0.05, 0) is 18.6 Å². The molecule has 4 heteroatoms. The first-order valence-electron chi connectivity index (χ1n) is 5.81. The molecule has 0 bridgehead atoms. The maximum Gasteiger partial charge on any atom is 0.0916 e. The minimum atomic E-state index is -0.609. The molecular formula is C13H22N2O2. The molecule has 0 saturated carbocycles. The molecule has 0 aliphatic carbocycles. The topological polar surface area (TPSA) is 58.7 Å². The highest BCUT2D eigenvalue weighted by atomic mass is 16.5. The van der Waals surface area contributed by atoms with Crippen LogP contribution in [0.5, 0.6) is 0 Å². The molecule has 1 heterocycles. The molecule has 1 aliphatic rings. The zero-order valence-corrected chi connectivity index (χ0v) is 10.8. The number of rotatable bonds is 4. The molecule has 0 radical (unpaired) electrons. The number of methoxy groups -OCH3 is 1. The summed E-state index contributed by atoms with van der Waals surface area (Å²) in [5.41, 5.74) is 8.55. The van der Waals surface area contributed by atoms with E-state index in [4.69, 9.17) is 10.5 Å². The molecular weight excluding hydrogens is 216 g/mol. The maximum absolute atomic E-state index is 9.93. The lowest BCUT2D eigenvalue weighted by Gasteiger charge is -2.31. The van der Waals surface area contributed by atoms with Crippen LogP contribution in [-0.4, -0.2) is 50.0 Å². The molecule has 1 aliphatic heterocycles. The second-order valence-corrected chi connectivity index (χ2v) is 4.04. The van der Waals surface area contributed by atoms with Gasteiger partial charge in [0.2, 0.25) is 0 Å². The molecule has 3 N–H and O–H groups in total. The number of nitrogens with zero attached hydrogens (tertiary/aromatic N) is 1. The van der Waals surface area contributed by atoms with Crippen molar-refractivity contribution in [3.05, 3.63) is 35.1 Å². The molecule has 0 fully saturated rings. The molecule has 0 aromatic heterocycles. The average molecular weight is 238 g/mol. The fraction of sp³-hybridized carbons (Fsp3) is 0.538. The van der Waals surface area contributed by atoms with Gasteiger partial charge in [-0.1, -0.05) is 12.2 Å². The van der Waals surface area contributed by atoms with Crippen molar-refractivity contribution >= 4 is 0 Å². The first-order chi connectivity index (χ1) is 8.15. The second kappa shape index (κ2) is 6.59. The van der Waals surface area contributed by atoms with Gasteiger partial charge in [-0.3, -0.25) is 0 Å².